The van der Waals surface area contributed by atoms with E-state index in [9.17, 15) is 17.6 Å². The lowest BCUT2D eigenvalue weighted by molar-refractivity contribution is 0.0696. The topological polar surface area (TPSA) is 107 Å². The molecule has 0 aromatic heterocycles. The third-order valence-corrected chi connectivity index (χ3v) is 3.72. The highest BCUT2D eigenvalue weighted by atomic mass is 32.2. The molecular weight excluding hydrogens is 275 g/mol. The summed E-state index contributed by atoms with van der Waals surface area (Å²) in [7, 11) is -4.04. The van der Waals surface area contributed by atoms with Crippen LogP contribution in [0.4, 0.5) is 4.39 Å². The number of carbonyl (C=O) groups is 1. The molecule has 19 heavy (non-hydrogen) atoms. The lowest BCUT2D eigenvalue weighted by Crippen LogP contribution is -2.25. The van der Waals surface area contributed by atoms with Crippen LogP contribution in [0.1, 0.15) is 23.2 Å². The molecule has 0 saturated heterocycles. The van der Waals surface area contributed by atoms with Gasteiger partial charge in [0.05, 0.1) is 11.6 Å². The van der Waals surface area contributed by atoms with Crippen LogP contribution >= 0.6 is 0 Å². The molecule has 0 atom stereocenters. The Morgan fingerprint density at radius 3 is 2.68 bits per heavy atom. The Morgan fingerprint density at radius 1 is 1.47 bits per heavy atom. The molecule has 0 unspecified atom stereocenters. The number of sulfonamides is 1. The van der Waals surface area contributed by atoms with E-state index in [1.165, 1.54) is 0 Å². The first-order valence-corrected chi connectivity index (χ1v) is 6.76. The second kappa shape index (κ2) is 6.26. The lowest BCUT2D eigenvalue weighted by Gasteiger charge is -2.07. The van der Waals surface area contributed by atoms with Gasteiger partial charge in [0.1, 0.15) is 10.7 Å². The average Bonchev–Trinajstić information content (AvgIpc) is 2.34. The van der Waals surface area contributed by atoms with Gasteiger partial charge in [0.2, 0.25) is 10.0 Å². The molecular formula is C11H11FN2O4S. The molecule has 8 heteroatoms. The minimum Gasteiger partial charge on any atom is -0.478 e. The quantitative estimate of drug-likeness (QED) is 0.761. The number of aromatic carboxylic acids is 1. The van der Waals surface area contributed by atoms with Crippen LogP contribution in [0.5, 0.6) is 0 Å². The predicted octanol–water partition coefficient (Wildman–Crippen LogP) is 1.11. The normalized spacial score (nSPS) is 10.9. The van der Waals surface area contributed by atoms with Crippen molar-refractivity contribution < 1.29 is 22.7 Å². The van der Waals surface area contributed by atoms with Gasteiger partial charge >= 0.3 is 5.97 Å². The predicted molar refractivity (Wildman–Crippen MR) is 63.4 cm³/mol. The van der Waals surface area contributed by atoms with Crippen molar-refractivity contribution in [3.8, 4) is 6.07 Å². The number of benzene rings is 1. The SMILES string of the molecule is N#CCCCNS(=O)(=O)c1ccc(C(=O)O)cc1F. The Hall–Kier alpha value is -1.98. The molecule has 102 valence electrons. The van der Waals surface area contributed by atoms with Crippen molar-refractivity contribution in [3.05, 3.63) is 29.6 Å². The van der Waals surface area contributed by atoms with Crippen LogP contribution in [-0.2, 0) is 10.0 Å². The molecule has 0 amide bonds. The van der Waals surface area contributed by atoms with Crippen molar-refractivity contribution in [3.63, 3.8) is 0 Å². The molecule has 1 aromatic carbocycles. The highest BCUT2D eigenvalue weighted by molar-refractivity contribution is 7.89. The molecule has 0 fully saturated rings. The van der Waals surface area contributed by atoms with E-state index in [1.807, 2.05) is 6.07 Å². The van der Waals surface area contributed by atoms with Crippen molar-refractivity contribution in [1.29, 1.82) is 5.26 Å². The molecule has 1 rings (SSSR count). The van der Waals surface area contributed by atoms with Crippen LogP contribution in [0.2, 0.25) is 0 Å². The summed E-state index contributed by atoms with van der Waals surface area (Å²) in [6.45, 7) is 0.00994. The monoisotopic (exact) mass is 286 g/mol. The summed E-state index contributed by atoms with van der Waals surface area (Å²) in [4.78, 5) is 9.98. The van der Waals surface area contributed by atoms with Gasteiger partial charge in [-0.2, -0.15) is 5.26 Å². The smallest absolute Gasteiger partial charge is 0.335 e. The number of nitrogens with one attached hydrogen (secondary N) is 1. The number of nitriles is 1. The molecule has 2 N–H and O–H groups in total. The minimum atomic E-state index is -4.04. The van der Waals surface area contributed by atoms with Crippen molar-refractivity contribution in [1.82, 2.24) is 4.72 Å². The fraction of sp³-hybridized carbons (Fsp3) is 0.273. The number of halogens is 1. The Morgan fingerprint density at radius 2 is 2.16 bits per heavy atom. The fourth-order valence-electron chi connectivity index (χ4n) is 1.30. The maximum Gasteiger partial charge on any atom is 0.335 e. The molecule has 0 heterocycles. The second-order valence-corrected chi connectivity index (χ2v) is 5.35. The number of rotatable bonds is 6. The van der Waals surface area contributed by atoms with Gasteiger partial charge in [-0.3, -0.25) is 0 Å². The highest BCUT2D eigenvalue weighted by Crippen LogP contribution is 2.16. The number of carboxylic acids is 1. The van der Waals surface area contributed by atoms with E-state index in [2.05, 4.69) is 4.72 Å². The Kier molecular flexibility index (Phi) is 4.97. The van der Waals surface area contributed by atoms with Crippen molar-refractivity contribution in [2.75, 3.05) is 6.54 Å². The zero-order chi connectivity index (χ0) is 14.5. The number of carboxylic acid groups (broad SMARTS) is 1. The highest BCUT2D eigenvalue weighted by Gasteiger charge is 2.19. The van der Waals surface area contributed by atoms with E-state index in [4.69, 9.17) is 10.4 Å². The molecule has 0 aliphatic heterocycles. The van der Waals surface area contributed by atoms with Gasteiger partial charge in [0, 0.05) is 13.0 Å². The van der Waals surface area contributed by atoms with Crippen molar-refractivity contribution in [2.24, 2.45) is 0 Å². The number of nitrogens with zero attached hydrogens (tertiary/aromatic N) is 1. The summed E-state index contributed by atoms with van der Waals surface area (Å²) >= 11 is 0. The largest absolute Gasteiger partial charge is 0.478 e. The fourth-order valence-corrected chi connectivity index (χ4v) is 2.43. The summed E-state index contributed by atoms with van der Waals surface area (Å²) in [5.74, 6) is -2.47. The van der Waals surface area contributed by atoms with Crippen LogP contribution in [0, 0.1) is 17.1 Å². The Labute approximate surface area is 109 Å². The summed E-state index contributed by atoms with van der Waals surface area (Å²) in [6.07, 6.45) is 0.494. The zero-order valence-electron chi connectivity index (χ0n) is 9.76. The number of unbranched alkanes of at least 4 members (excludes halogenated alkanes) is 1. The summed E-state index contributed by atoms with van der Waals surface area (Å²) in [6, 6.07) is 4.40. The van der Waals surface area contributed by atoms with E-state index in [0.717, 1.165) is 12.1 Å². The molecule has 0 spiro atoms. The summed E-state index contributed by atoms with van der Waals surface area (Å²) in [5.41, 5.74) is -0.332. The number of hydrogen-bond acceptors (Lipinski definition) is 4. The van der Waals surface area contributed by atoms with E-state index in [1.54, 1.807) is 0 Å². The van der Waals surface area contributed by atoms with E-state index < -0.39 is 26.7 Å². The van der Waals surface area contributed by atoms with Crippen LogP contribution < -0.4 is 4.72 Å². The first-order valence-electron chi connectivity index (χ1n) is 5.28. The van der Waals surface area contributed by atoms with Crippen molar-refractivity contribution in [2.45, 2.75) is 17.7 Å². The van der Waals surface area contributed by atoms with Gasteiger partial charge < -0.3 is 5.11 Å². The van der Waals surface area contributed by atoms with Gasteiger partial charge in [0.15, 0.2) is 0 Å². The van der Waals surface area contributed by atoms with Crippen LogP contribution in [0.3, 0.4) is 0 Å². The number of hydrogen-bond donors (Lipinski definition) is 2. The maximum absolute atomic E-state index is 13.5. The van der Waals surface area contributed by atoms with Crippen LogP contribution in [-0.4, -0.2) is 26.0 Å². The van der Waals surface area contributed by atoms with E-state index in [-0.39, 0.29) is 18.5 Å². The molecule has 0 bridgehead atoms. The van der Waals surface area contributed by atoms with Crippen molar-refractivity contribution >= 4 is 16.0 Å². The first-order chi connectivity index (χ1) is 8.88. The molecule has 0 aliphatic carbocycles. The zero-order valence-corrected chi connectivity index (χ0v) is 10.6. The third kappa shape index (κ3) is 4.01. The second-order valence-electron chi connectivity index (χ2n) is 3.61. The Balaban J connectivity index is 2.90. The Bertz CT molecular complexity index is 622. The maximum atomic E-state index is 13.5. The first kappa shape index (κ1) is 15.1. The van der Waals surface area contributed by atoms with Gasteiger partial charge in [-0.15, -0.1) is 0 Å². The summed E-state index contributed by atoms with van der Waals surface area (Å²) < 4.78 is 39.1. The van der Waals surface area contributed by atoms with Gasteiger partial charge in [-0.25, -0.2) is 22.3 Å². The van der Waals surface area contributed by atoms with Gasteiger partial charge in [-0.05, 0) is 24.6 Å². The van der Waals surface area contributed by atoms with Crippen LogP contribution in [0.25, 0.3) is 0 Å². The third-order valence-electron chi connectivity index (χ3n) is 2.23. The van der Waals surface area contributed by atoms with Crippen LogP contribution in [0.15, 0.2) is 23.1 Å². The molecule has 0 saturated carbocycles. The molecule has 6 nitrogen and oxygen atoms in total. The standard InChI is InChI=1S/C11H11FN2O4S/c12-9-7-8(11(15)16)3-4-10(9)19(17,18)14-6-2-1-5-13/h3-4,7,14H,1-2,6H2,(H,15,16). The minimum absolute atomic E-state index is 0.00994. The molecule has 1 aromatic rings. The molecule has 0 aliphatic rings. The lowest BCUT2D eigenvalue weighted by atomic mass is 10.2. The van der Waals surface area contributed by atoms with Gasteiger partial charge in [-0.1, -0.05) is 0 Å². The molecule has 0 radical (unpaired) electrons. The van der Waals surface area contributed by atoms with E-state index in [0.29, 0.717) is 12.5 Å². The summed E-state index contributed by atoms with van der Waals surface area (Å²) in [5, 5.41) is 16.9. The van der Waals surface area contributed by atoms with E-state index >= 15 is 0 Å². The van der Waals surface area contributed by atoms with Gasteiger partial charge in [0.25, 0.3) is 0 Å². The average molecular weight is 286 g/mol.